The Kier molecular flexibility index (Phi) is 3.43. The quantitative estimate of drug-likeness (QED) is 0.816. The van der Waals surface area contributed by atoms with Crippen LogP contribution < -0.4 is 11.1 Å². The summed E-state index contributed by atoms with van der Waals surface area (Å²) in [6.45, 7) is 6.86. The molecular formula is C10H18N4S. The van der Waals surface area contributed by atoms with Gasteiger partial charge in [-0.2, -0.15) is 0 Å². The standard InChI is InChI=1S/C10H18N4S/c1-2-14-4-3-8(7-14)5-12-10-13-6-9(11)15-10/h6,8H,2-5,7,11H2,1H3,(H,12,13). The maximum absolute atomic E-state index is 5.61. The Morgan fingerprint density at radius 1 is 1.73 bits per heavy atom. The average molecular weight is 226 g/mol. The van der Waals surface area contributed by atoms with Gasteiger partial charge in [-0.3, -0.25) is 0 Å². The number of nitrogen functional groups attached to an aromatic ring is 1. The number of rotatable bonds is 4. The number of nitrogens with one attached hydrogen (secondary N) is 1. The van der Waals surface area contributed by atoms with E-state index in [0.717, 1.165) is 22.6 Å². The summed E-state index contributed by atoms with van der Waals surface area (Å²) in [4.78, 5) is 6.67. The van der Waals surface area contributed by atoms with Gasteiger partial charge in [0, 0.05) is 13.1 Å². The van der Waals surface area contributed by atoms with Crippen LogP contribution in [0.3, 0.4) is 0 Å². The fourth-order valence-corrected chi connectivity index (χ4v) is 2.56. The van der Waals surface area contributed by atoms with Gasteiger partial charge in [0.25, 0.3) is 0 Å². The van der Waals surface area contributed by atoms with Crippen LogP contribution in [0.2, 0.25) is 0 Å². The Hall–Kier alpha value is -0.810. The molecule has 0 radical (unpaired) electrons. The summed E-state index contributed by atoms with van der Waals surface area (Å²) in [6, 6.07) is 0. The molecule has 2 rings (SSSR count). The predicted octanol–water partition coefficient (Wildman–Crippen LogP) is 1.48. The molecular weight excluding hydrogens is 208 g/mol. The zero-order valence-corrected chi connectivity index (χ0v) is 9.89. The number of hydrogen-bond donors (Lipinski definition) is 2. The SMILES string of the molecule is CCN1CCC(CNc2ncc(N)s2)C1. The Morgan fingerprint density at radius 3 is 3.20 bits per heavy atom. The van der Waals surface area contributed by atoms with Crippen molar-refractivity contribution < 1.29 is 0 Å². The highest BCUT2D eigenvalue weighted by atomic mass is 32.1. The normalized spacial score (nSPS) is 22.1. The summed E-state index contributed by atoms with van der Waals surface area (Å²) in [5.74, 6) is 0.759. The lowest BCUT2D eigenvalue weighted by Crippen LogP contribution is -2.22. The van der Waals surface area contributed by atoms with Crippen LogP contribution in [0.5, 0.6) is 0 Å². The third-order valence-corrected chi connectivity index (χ3v) is 3.67. The summed E-state index contributed by atoms with van der Waals surface area (Å²) in [6.07, 6.45) is 3.00. The molecule has 1 fully saturated rings. The molecule has 1 aliphatic rings. The van der Waals surface area contributed by atoms with Gasteiger partial charge in [0.2, 0.25) is 0 Å². The Balaban J connectivity index is 1.75. The molecule has 1 aromatic rings. The topological polar surface area (TPSA) is 54.2 Å². The zero-order chi connectivity index (χ0) is 10.7. The molecule has 1 saturated heterocycles. The van der Waals surface area contributed by atoms with E-state index in [9.17, 15) is 0 Å². The summed E-state index contributed by atoms with van der Waals surface area (Å²) in [7, 11) is 0. The summed E-state index contributed by atoms with van der Waals surface area (Å²) < 4.78 is 0. The van der Waals surface area contributed by atoms with E-state index < -0.39 is 0 Å². The largest absolute Gasteiger partial charge is 0.389 e. The van der Waals surface area contributed by atoms with Crippen LogP contribution in [0.15, 0.2) is 6.20 Å². The van der Waals surface area contributed by atoms with Gasteiger partial charge < -0.3 is 16.0 Å². The van der Waals surface area contributed by atoms with Gasteiger partial charge in [-0.05, 0) is 25.4 Å². The minimum absolute atomic E-state index is 0.759. The van der Waals surface area contributed by atoms with Crippen molar-refractivity contribution in [3.63, 3.8) is 0 Å². The van der Waals surface area contributed by atoms with Crippen LogP contribution in [-0.2, 0) is 0 Å². The molecule has 2 heterocycles. The van der Waals surface area contributed by atoms with Crippen molar-refractivity contribution in [1.82, 2.24) is 9.88 Å². The van der Waals surface area contributed by atoms with Crippen LogP contribution in [-0.4, -0.2) is 36.1 Å². The molecule has 84 valence electrons. The van der Waals surface area contributed by atoms with Crippen molar-refractivity contribution in [2.75, 3.05) is 37.2 Å². The minimum atomic E-state index is 0.759. The minimum Gasteiger partial charge on any atom is -0.389 e. The third kappa shape index (κ3) is 2.82. The number of aromatic nitrogens is 1. The number of thiazole rings is 1. The highest BCUT2D eigenvalue weighted by molar-refractivity contribution is 7.19. The maximum atomic E-state index is 5.61. The highest BCUT2D eigenvalue weighted by Gasteiger charge is 2.20. The predicted molar refractivity (Wildman–Crippen MR) is 65.2 cm³/mol. The first-order valence-corrected chi connectivity index (χ1v) is 6.27. The molecule has 4 nitrogen and oxygen atoms in total. The van der Waals surface area contributed by atoms with Gasteiger partial charge in [-0.15, -0.1) is 0 Å². The lowest BCUT2D eigenvalue weighted by Gasteiger charge is -2.13. The summed E-state index contributed by atoms with van der Waals surface area (Å²) in [5, 5.41) is 5.08. The van der Waals surface area contributed by atoms with Gasteiger partial charge in [0.15, 0.2) is 5.13 Å². The average Bonchev–Trinajstić information content (AvgIpc) is 2.83. The van der Waals surface area contributed by atoms with Crippen LogP contribution in [0.25, 0.3) is 0 Å². The highest BCUT2D eigenvalue weighted by Crippen LogP contribution is 2.21. The van der Waals surface area contributed by atoms with E-state index in [-0.39, 0.29) is 0 Å². The van der Waals surface area contributed by atoms with Crippen LogP contribution >= 0.6 is 11.3 Å². The van der Waals surface area contributed by atoms with E-state index in [1.54, 1.807) is 6.20 Å². The van der Waals surface area contributed by atoms with Gasteiger partial charge in [0.05, 0.1) is 6.20 Å². The molecule has 1 unspecified atom stereocenters. The molecule has 0 spiro atoms. The molecule has 0 aliphatic carbocycles. The molecule has 5 heteroatoms. The molecule has 0 aromatic carbocycles. The van der Waals surface area contributed by atoms with Crippen molar-refractivity contribution in [3.8, 4) is 0 Å². The molecule has 0 saturated carbocycles. The number of nitrogens with two attached hydrogens (primary N) is 1. The van der Waals surface area contributed by atoms with Crippen molar-refractivity contribution in [3.05, 3.63) is 6.20 Å². The third-order valence-electron chi connectivity index (χ3n) is 2.88. The van der Waals surface area contributed by atoms with Crippen molar-refractivity contribution >= 4 is 21.5 Å². The van der Waals surface area contributed by atoms with Crippen LogP contribution in [0.1, 0.15) is 13.3 Å². The molecule has 1 atom stereocenters. The number of hydrogen-bond acceptors (Lipinski definition) is 5. The Bertz CT molecular complexity index is 312. The number of likely N-dealkylation sites (tertiary alicyclic amines) is 1. The molecule has 0 amide bonds. The van der Waals surface area contributed by atoms with Crippen molar-refractivity contribution in [2.24, 2.45) is 5.92 Å². The molecule has 15 heavy (non-hydrogen) atoms. The monoisotopic (exact) mass is 226 g/mol. The van der Waals surface area contributed by atoms with Gasteiger partial charge in [0.1, 0.15) is 5.00 Å². The smallest absolute Gasteiger partial charge is 0.184 e. The maximum Gasteiger partial charge on any atom is 0.184 e. The van der Waals surface area contributed by atoms with E-state index in [1.807, 2.05) is 0 Å². The van der Waals surface area contributed by atoms with Gasteiger partial charge >= 0.3 is 0 Å². The number of anilines is 2. The first-order chi connectivity index (χ1) is 7.28. The Morgan fingerprint density at radius 2 is 2.60 bits per heavy atom. The van der Waals surface area contributed by atoms with Crippen LogP contribution in [0, 0.1) is 5.92 Å². The van der Waals surface area contributed by atoms with E-state index in [1.165, 1.54) is 37.4 Å². The van der Waals surface area contributed by atoms with E-state index in [4.69, 9.17) is 5.73 Å². The first-order valence-electron chi connectivity index (χ1n) is 5.45. The van der Waals surface area contributed by atoms with Crippen molar-refractivity contribution in [2.45, 2.75) is 13.3 Å². The second-order valence-electron chi connectivity index (χ2n) is 4.00. The van der Waals surface area contributed by atoms with E-state index >= 15 is 0 Å². The fraction of sp³-hybridized carbons (Fsp3) is 0.700. The molecule has 1 aromatic heterocycles. The lowest BCUT2D eigenvalue weighted by molar-refractivity contribution is 0.345. The number of nitrogens with zero attached hydrogens (tertiary/aromatic N) is 2. The summed E-state index contributed by atoms with van der Waals surface area (Å²) in [5.41, 5.74) is 5.61. The van der Waals surface area contributed by atoms with Crippen molar-refractivity contribution in [1.29, 1.82) is 0 Å². The first kappa shape index (κ1) is 10.7. The molecule has 1 aliphatic heterocycles. The lowest BCUT2D eigenvalue weighted by atomic mass is 10.1. The van der Waals surface area contributed by atoms with E-state index in [2.05, 4.69) is 22.1 Å². The van der Waals surface area contributed by atoms with E-state index in [0.29, 0.717) is 0 Å². The fourth-order valence-electron chi connectivity index (χ4n) is 1.97. The van der Waals surface area contributed by atoms with Gasteiger partial charge in [-0.1, -0.05) is 18.3 Å². The molecule has 3 N–H and O–H groups in total. The second-order valence-corrected chi connectivity index (χ2v) is 5.06. The van der Waals surface area contributed by atoms with Crippen LogP contribution in [0.4, 0.5) is 10.1 Å². The molecule has 0 bridgehead atoms. The second kappa shape index (κ2) is 4.81. The zero-order valence-electron chi connectivity index (χ0n) is 9.07. The Labute approximate surface area is 94.5 Å². The summed E-state index contributed by atoms with van der Waals surface area (Å²) >= 11 is 1.52. The van der Waals surface area contributed by atoms with Gasteiger partial charge in [-0.25, -0.2) is 4.98 Å².